The molecule has 21 heavy (non-hydrogen) atoms. The Kier molecular flexibility index (Phi) is 4.70. The minimum Gasteiger partial charge on any atom is -0.318 e. The van der Waals surface area contributed by atoms with Gasteiger partial charge in [-0.3, -0.25) is 4.79 Å². The van der Waals surface area contributed by atoms with Gasteiger partial charge in [0.15, 0.2) is 0 Å². The summed E-state index contributed by atoms with van der Waals surface area (Å²) < 4.78 is 2.03. The van der Waals surface area contributed by atoms with Gasteiger partial charge in [-0.2, -0.15) is 5.10 Å². The molecule has 0 aliphatic carbocycles. The Labute approximate surface area is 133 Å². The van der Waals surface area contributed by atoms with Crippen LogP contribution in [0.25, 0.3) is 5.69 Å². The van der Waals surface area contributed by atoms with E-state index < -0.39 is 0 Å². The number of aromatic nitrogens is 1. The highest BCUT2D eigenvalue weighted by Gasteiger charge is 2.10. The molecule has 6 heteroatoms. The van der Waals surface area contributed by atoms with Gasteiger partial charge in [-0.1, -0.05) is 23.2 Å². The van der Waals surface area contributed by atoms with Crippen molar-refractivity contribution >= 4 is 35.3 Å². The minimum atomic E-state index is -0.207. The Hall–Kier alpha value is -1.78. The van der Waals surface area contributed by atoms with Crippen LogP contribution in [0.1, 0.15) is 23.9 Å². The van der Waals surface area contributed by atoms with Gasteiger partial charge in [-0.15, -0.1) is 0 Å². The van der Waals surface area contributed by atoms with E-state index in [2.05, 4.69) is 10.5 Å². The van der Waals surface area contributed by atoms with Crippen LogP contribution in [-0.2, 0) is 4.79 Å². The molecule has 0 radical (unpaired) electrons. The molecule has 1 heterocycles. The predicted octanol–water partition coefficient (Wildman–Crippen LogP) is 3.87. The molecule has 1 aromatic carbocycles. The first-order valence-electron chi connectivity index (χ1n) is 6.33. The smallest absolute Gasteiger partial charge is 0.236 e. The molecule has 1 amide bonds. The standard InChI is InChI=1S/C15H15Cl2N3O/c1-9-4-12(8-18-19-11(3)21)10(2)20(9)15-6-13(16)5-14(17)7-15/h4-8H,1-3H3,(H,19,21)/b18-8-. The molecular weight excluding hydrogens is 309 g/mol. The summed E-state index contributed by atoms with van der Waals surface area (Å²) >= 11 is 12.1. The SMILES string of the molecule is CC(=O)N/N=C\c1cc(C)n(-c2cc(Cl)cc(Cl)c2)c1C. The number of nitrogens with one attached hydrogen (secondary N) is 1. The molecule has 1 aromatic heterocycles. The lowest BCUT2D eigenvalue weighted by molar-refractivity contribution is -0.118. The van der Waals surface area contributed by atoms with Gasteiger partial charge >= 0.3 is 0 Å². The number of halogens is 2. The molecule has 0 saturated carbocycles. The van der Waals surface area contributed by atoms with E-state index in [-0.39, 0.29) is 5.91 Å². The van der Waals surface area contributed by atoms with Gasteiger partial charge in [0.2, 0.25) is 5.91 Å². The summed E-state index contributed by atoms with van der Waals surface area (Å²) in [5.74, 6) is -0.207. The Balaban J connectivity index is 2.43. The van der Waals surface area contributed by atoms with E-state index in [4.69, 9.17) is 23.2 Å². The molecule has 0 fully saturated rings. The first-order chi connectivity index (χ1) is 9.88. The van der Waals surface area contributed by atoms with Crippen LogP contribution in [0.3, 0.4) is 0 Å². The number of nitrogens with zero attached hydrogens (tertiary/aromatic N) is 2. The lowest BCUT2D eigenvalue weighted by atomic mass is 10.2. The van der Waals surface area contributed by atoms with Crippen molar-refractivity contribution in [2.75, 3.05) is 0 Å². The molecule has 0 atom stereocenters. The number of rotatable bonds is 3. The maximum Gasteiger partial charge on any atom is 0.236 e. The van der Waals surface area contributed by atoms with Crippen LogP contribution >= 0.6 is 23.2 Å². The predicted molar refractivity (Wildman–Crippen MR) is 86.7 cm³/mol. The highest BCUT2D eigenvalue weighted by molar-refractivity contribution is 6.34. The van der Waals surface area contributed by atoms with Crippen molar-refractivity contribution in [3.05, 3.63) is 51.3 Å². The van der Waals surface area contributed by atoms with Crippen LogP contribution in [-0.4, -0.2) is 16.7 Å². The second-order valence-corrected chi connectivity index (χ2v) is 5.59. The fourth-order valence-corrected chi connectivity index (χ4v) is 2.69. The third-order valence-electron chi connectivity index (χ3n) is 3.00. The summed E-state index contributed by atoms with van der Waals surface area (Å²) in [7, 11) is 0. The van der Waals surface area contributed by atoms with Crippen molar-refractivity contribution in [3.8, 4) is 5.69 Å². The van der Waals surface area contributed by atoms with E-state index >= 15 is 0 Å². The Morgan fingerprint density at radius 2 is 1.81 bits per heavy atom. The van der Waals surface area contributed by atoms with Crippen LogP contribution in [0.4, 0.5) is 0 Å². The quantitative estimate of drug-likeness (QED) is 0.676. The van der Waals surface area contributed by atoms with Gasteiger partial charge in [0, 0.05) is 39.6 Å². The second-order valence-electron chi connectivity index (χ2n) is 4.72. The van der Waals surface area contributed by atoms with Crippen LogP contribution in [0.5, 0.6) is 0 Å². The Morgan fingerprint density at radius 3 is 2.38 bits per heavy atom. The topological polar surface area (TPSA) is 46.4 Å². The summed E-state index contributed by atoms with van der Waals surface area (Å²) in [4.78, 5) is 10.8. The molecule has 0 aliphatic rings. The Morgan fingerprint density at radius 1 is 1.19 bits per heavy atom. The fraction of sp³-hybridized carbons (Fsp3) is 0.200. The lowest BCUT2D eigenvalue weighted by Gasteiger charge is -2.10. The Bertz CT molecular complexity index is 700. The van der Waals surface area contributed by atoms with Crippen molar-refractivity contribution in [2.24, 2.45) is 5.10 Å². The number of amides is 1. The number of hydrogen-bond donors (Lipinski definition) is 1. The van der Waals surface area contributed by atoms with Crippen molar-refractivity contribution in [1.29, 1.82) is 0 Å². The number of hydrogen-bond acceptors (Lipinski definition) is 2. The van der Waals surface area contributed by atoms with Crippen molar-refractivity contribution < 1.29 is 4.79 Å². The van der Waals surface area contributed by atoms with Gasteiger partial charge in [-0.05, 0) is 38.1 Å². The van der Waals surface area contributed by atoms with E-state index in [1.165, 1.54) is 6.92 Å². The first-order valence-corrected chi connectivity index (χ1v) is 7.09. The molecular formula is C15H15Cl2N3O. The molecule has 0 aliphatic heterocycles. The first kappa shape index (κ1) is 15.6. The molecule has 110 valence electrons. The summed E-state index contributed by atoms with van der Waals surface area (Å²) in [5, 5.41) is 5.06. The van der Waals surface area contributed by atoms with Gasteiger partial charge in [0.05, 0.1) is 6.21 Å². The van der Waals surface area contributed by atoms with Crippen molar-refractivity contribution in [3.63, 3.8) is 0 Å². The lowest BCUT2D eigenvalue weighted by Crippen LogP contribution is -2.12. The molecule has 1 N–H and O–H groups in total. The maximum atomic E-state index is 10.8. The second kappa shape index (κ2) is 6.33. The van der Waals surface area contributed by atoms with Crippen LogP contribution in [0.2, 0.25) is 10.0 Å². The van der Waals surface area contributed by atoms with Crippen molar-refractivity contribution in [2.45, 2.75) is 20.8 Å². The van der Waals surface area contributed by atoms with Gasteiger partial charge in [0.1, 0.15) is 0 Å². The minimum absolute atomic E-state index is 0.207. The van der Waals surface area contributed by atoms with Gasteiger partial charge in [-0.25, -0.2) is 5.43 Å². The highest BCUT2D eigenvalue weighted by Crippen LogP contribution is 2.25. The number of carbonyl (C=O) groups excluding carboxylic acids is 1. The zero-order valence-corrected chi connectivity index (χ0v) is 13.5. The van der Waals surface area contributed by atoms with Gasteiger partial charge in [0.25, 0.3) is 0 Å². The number of hydrazone groups is 1. The van der Waals surface area contributed by atoms with Crippen LogP contribution in [0, 0.1) is 13.8 Å². The van der Waals surface area contributed by atoms with E-state index in [9.17, 15) is 4.79 Å². The van der Waals surface area contributed by atoms with E-state index in [0.29, 0.717) is 10.0 Å². The zero-order valence-electron chi connectivity index (χ0n) is 11.9. The maximum absolute atomic E-state index is 10.8. The zero-order chi connectivity index (χ0) is 15.6. The normalized spacial score (nSPS) is 11.1. The van der Waals surface area contributed by atoms with Gasteiger partial charge < -0.3 is 4.57 Å². The monoisotopic (exact) mass is 323 g/mol. The van der Waals surface area contributed by atoms with E-state index in [1.54, 1.807) is 12.3 Å². The summed E-state index contributed by atoms with van der Waals surface area (Å²) in [6.07, 6.45) is 1.62. The van der Waals surface area contributed by atoms with Crippen molar-refractivity contribution in [1.82, 2.24) is 9.99 Å². The largest absolute Gasteiger partial charge is 0.318 e. The van der Waals surface area contributed by atoms with Crippen LogP contribution < -0.4 is 5.43 Å². The molecule has 0 unspecified atom stereocenters. The fourth-order valence-electron chi connectivity index (χ4n) is 2.18. The average molecular weight is 324 g/mol. The van der Waals surface area contributed by atoms with E-state index in [0.717, 1.165) is 22.6 Å². The summed E-state index contributed by atoms with van der Waals surface area (Å²) in [6.45, 7) is 5.36. The molecule has 4 nitrogen and oxygen atoms in total. The summed E-state index contributed by atoms with van der Waals surface area (Å²) in [5.41, 5.74) is 6.20. The number of benzene rings is 1. The third kappa shape index (κ3) is 3.65. The van der Waals surface area contributed by atoms with E-state index in [1.807, 2.05) is 36.6 Å². The molecule has 0 saturated heterocycles. The van der Waals surface area contributed by atoms with Crippen LogP contribution in [0.15, 0.2) is 29.4 Å². The molecule has 2 aromatic rings. The molecule has 2 rings (SSSR count). The summed E-state index contributed by atoms with van der Waals surface area (Å²) in [6, 6.07) is 7.37. The average Bonchev–Trinajstić information content (AvgIpc) is 2.62. The third-order valence-corrected chi connectivity index (χ3v) is 3.44. The number of aryl methyl sites for hydroxylation is 1. The highest BCUT2D eigenvalue weighted by atomic mass is 35.5. The molecule has 0 spiro atoms. The molecule has 0 bridgehead atoms. The number of carbonyl (C=O) groups is 1.